The number of hydrogen-bond acceptors (Lipinski definition) is 3. The van der Waals surface area contributed by atoms with Crippen LogP contribution >= 0.6 is 11.8 Å². The molecule has 0 bridgehead atoms. The third kappa shape index (κ3) is 3.36. The van der Waals surface area contributed by atoms with Gasteiger partial charge in [0.25, 0.3) is 0 Å². The van der Waals surface area contributed by atoms with Crippen LogP contribution in [0.1, 0.15) is 33.6 Å². The third-order valence-electron chi connectivity index (χ3n) is 3.84. The van der Waals surface area contributed by atoms with Gasteiger partial charge in [0.05, 0.1) is 0 Å². The second kappa shape index (κ2) is 6.12. The van der Waals surface area contributed by atoms with Gasteiger partial charge in [-0.2, -0.15) is 11.8 Å². The predicted octanol–water partition coefficient (Wildman–Crippen LogP) is 2.20. The topological polar surface area (TPSA) is 15.3 Å². The molecule has 2 nitrogen and oxygen atoms in total. The van der Waals surface area contributed by atoms with Crippen molar-refractivity contribution in [1.29, 1.82) is 0 Å². The first-order chi connectivity index (χ1) is 7.17. The van der Waals surface area contributed by atoms with E-state index in [2.05, 4.69) is 37.2 Å². The molecule has 0 aliphatic carbocycles. The Morgan fingerprint density at radius 2 is 2.07 bits per heavy atom. The highest BCUT2D eigenvalue weighted by molar-refractivity contribution is 7.98. The van der Waals surface area contributed by atoms with E-state index in [4.69, 9.17) is 0 Å². The van der Waals surface area contributed by atoms with Gasteiger partial charge in [0.1, 0.15) is 0 Å². The number of nitrogens with one attached hydrogen (secondary N) is 1. The molecule has 0 spiro atoms. The molecule has 0 aromatic rings. The summed E-state index contributed by atoms with van der Waals surface area (Å²) in [5, 5.41) is 3.74. The monoisotopic (exact) mass is 230 g/mol. The Hall–Kier alpha value is 0.270. The highest BCUT2D eigenvalue weighted by atomic mass is 32.2. The van der Waals surface area contributed by atoms with Crippen LogP contribution in [-0.4, -0.2) is 48.1 Å². The van der Waals surface area contributed by atoms with Crippen LogP contribution in [0.2, 0.25) is 0 Å². The molecule has 1 aliphatic rings. The van der Waals surface area contributed by atoms with E-state index in [1.54, 1.807) is 0 Å². The van der Waals surface area contributed by atoms with Gasteiger partial charge in [-0.25, -0.2) is 0 Å². The Morgan fingerprint density at radius 3 is 2.60 bits per heavy atom. The van der Waals surface area contributed by atoms with E-state index in [0.29, 0.717) is 11.6 Å². The quantitative estimate of drug-likeness (QED) is 0.779. The molecule has 1 unspecified atom stereocenters. The lowest BCUT2D eigenvalue weighted by Gasteiger charge is -2.46. The van der Waals surface area contributed by atoms with Crippen molar-refractivity contribution < 1.29 is 0 Å². The van der Waals surface area contributed by atoms with Gasteiger partial charge in [-0.3, -0.25) is 4.90 Å². The van der Waals surface area contributed by atoms with Crippen molar-refractivity contribution in [3.05, 3.63) is 0 Å². The molecule has 0 aromatic heterocycles. The summed E-state index contributed by atoms with van der Waals surface area (Å²) < 4.78 is 0. The van der Waals surface area contributed by atoms with Gasteiger partial charge >= 0.3 is 0 Å². The second-order valence-electron chi connectivity index (χ2n) is 4.68. The zero-order valence-corrected chi connectivity index (χ0v) is 11.5. The number of thioether (sulfide) groups is 1. The first kappa shape index (κ1) is 13.3. The summed E-state index contributed by atoms with van der Waals surface area (Å²) in [6.07, 6.45) is 4.68. The summed E-state index contributed by atoms with van der Waals surface area (Å²) in [5.41, 5.74) is 0.380. The van der Waals surface area contributed by atoms with Gasteiger partial charge in [-0.1, -0.05) is 13.8 Å². The SMILES string of the molecule is CCC1(CC)CN(CCSC)C(C)CN1. The Balaban J connectivity index is 2.54. The molecule has 1 atom stereocenters. The van der Waals surface area contributed by atoms with Crippen molar-refractivity contribution >= 4 is 11.8 Å². The number of piperazine rings is 1. The fraction of sp³-hybridized carbons (Fsp3) is 1.00. The minimum absolute atomic E-state index is 0.380. The predicted molar refractivity (Wildman–Crippen MR) is 70.7 cm³/mol. The molecule has 15 heavy (non-hydrogen) atoms. The van der Waals surface area contributed by atoms with Crippen LogP contribution in [0, 0.1) is 0 Å². The van der Waals surface area contributed by atoms with Crippen LogP contribution in [-0.2, 0) is 0 Å². The normalized spacial score (nSPS) is 26.8. The van der Waals surface area contributed by atoms with Gasteiger partial charge < -0.3 is 5.32 Å². The molecule has 1 heterocycles. The van der Waals surface area contributed by atoms with Crippen molar-refractivity contribution in [2.75, 3.05) is 31.6 Å². The number of nitrogens with zero attached hydrogens (tertiary/aromatic N) is 1. The van der Waals surface area contributed by atoms with Crippen LogP contribution in [0.3, 0.4) is 0 Å². The van der Waals surface area contributed by atoms with Crippen LogP contribution < -0.4 is 5.32 Å². The van der Waals surface area contributed by atoms with Crippen molar-refractivity contribution in [2.24, 2.45) is 0 Å². The molecule has 1 N–H and O–H groups in total. The molecule has 0 radical (unpaired) electrons. The minimum Gasteiger partial charge on any atom is -0.308 e. The standard InChI is InChI=1S/C12H26N2S/c1-5-12(6-2)10-14(7-8-15-4)11(3)9-13-12/h11,13H,5-10H2,1-4H3. The molecular weight excluding hydrogens is 204 g/mol. The largest absolute Gasteiger partial charge is 0.308 e. The first-order valence-electron chi connectivity index (χ1n) is 6.15. The molecular formula is C12H26N2S. The molecule has 0 saturated carbocycles. The maximum Gasteiger partial charge on any atom is 0.0304 e. The summed E-state index contributed by atoms with van der Waals surface area (Å²) in [4.78, 5) is 2.65. The maximum atomic E-state index is 3.74. The third-order valence-corrected chi connectivity index (χ3v) is 4.43. The average molecular weight is 230 g/mol. The Bertz CT molecular complexity index is 180. The van der Waals surface area contributed by atoms with Crippen LogP contribution in [0.15, 0.2) is 0 Å². The lowest BCUT2D eigenvalue weighted by atomic mass is 9.89. The van der Waals surface area contributed by atoms with E-state index in [1.807, 2.05) is 11.8 Å². The molecule has 0 aromatic carbocycles. The summed E-state index contributed by atoms with van der Waals surface area (Å²) in [6.45, 7) is 10.6. The van der Waals surface area contributed by atoms with E-state index < -0.39 is 0 Å². The molecule has 3 heteroatoms. The lowest BCUT2D eigenvalue weighted by molar-refractivity contribution is 0.0868. The van der Waals surface area contributed by atoms with E-state index in [9.17, 15) is 0 Å². The Kier molecular flexibility index (Phi) is 5.44. The summed E-state index contributed by atoms with van der Waals surface area (Å²) in [7, 11) is 0. The highest BCUT2D eigenvalue weighted by Crippen LogP contribution is 2.22. The number of hydrogen-bond donors (Lipinski definition) is 1. The van der Waals surface area contributed by atoms with E-state index in [-0.39, 0.29) is 0 Å². The van der Waals surface area contributed by atoms with Crippen molar-refractivity contribution in [3.8, 4) is 0 Å². The second-order valence-corrected chi connectivity index (χ2v) is 5.67. The van der Waals surface area contributed by atoms with Crippen molar-refractivity contribution in [3.63, 3.8) is 0 Å². The zero-order chi connectivity index (χ0) is 11.3. The van der Waals surface area contributed by atoms with Crippen LogP contribution in [0.4, 0.5) is 0 Å². The van der Waals surface area contributed by atoms with Crippen molar-refractivity contribution in [1.82, 2.24) is 10.2 Å². The smallest absolute Gasteiger partial charge is 0.0304 e. The van der Waals surface area contributed by atoms with E-state index in [1.165, 1.54) is 31.7 Å². The zero-order valence-electron chi connectivity index (χ0n) is 10.7. The summed E-state index contributed by atoms with van der Waals surface area (Å²) in [5.74, 6) is 1.26. The van der Waals surface area contributed by atoms with Gasteiger partial charge in [0.15, 0.2) is 0 Å². The minimum atomic E-state index is 0.380. The van der Waals surface area contributed by atoms with Crippen molar-refractivity contribution in [2.45, 2.75) is 45.2 Å². The molecule has 90 valence electrons. The molecule has 1 saturated heterocycles. The highest BCUT2D eigenvalue weighted by Gasteiger charge is 2.34. The van der Waals surface area contributed by atoms with Gasteiger partial charge in [0, 0.05) is 37.0 Å². The molecule has 0 amide bonds. The molecule has 1 rings (SSSR count). The number of rotatable bonds is 5. The average Bonchev–Trinajstić information content (AvgIpc) is 2.29. The molecule has 1 aliphatic heterocycles. The van der Waals surface area contributed by atoms with Gasteiger partial charge in [0.2, 0.25) is 0 Å². The van der Waals surface area contributed by atoms with Crippen LogP contribution in [0.5, 0.6) is 0 Å². The van der Waals surface area contributed by atoms with Gasteiger partial charge in [-0.05, 0) is 26.0 Å². The fourth-order valence-corrected chi connectivity index (χ4v) is 2.74. The first-order valence-corrected chi connectivity index (χ1v) is 7.55. The summed E-state index contributed by atoms with van der Waals surface area (Å²) in [6, 6.07) is 0.698. The molecule has 1 fully saturated rings. The maximum absolute atomic E-state index is 3.74. The van der Waals surface area contributed by atoms with Crippen LogP contribution in [0.25, 0.3) is 0 Å². The Morgan fingerprint density at radius 1 is 1.40 bits per heavy atom. The van der Waals surface area contributed by atoms with E-state index >= 15 is 0 Å². The fourth-order valence-electron chi connectivity index (χ4n) is 2.33. The van der Waals surface area contributed by atoms with E-state index in [0.717, 1.165) is 6.54 Å². The van der Waals surface area contributed by atoms with Gasteiger partial charge in [-0.15, -0.1) is 0 Å². The Labute approximate surface area is 99.2 Å². The summed E-state index contributed by atoms with van der Waals surface area (Å²) >= 11 is 1.95. The lowest BCUT2D eigenvalue weighted by Crippen LogP contribution is -2.63.